The highest BCUT2D eigenvalue weighted by Gasteiger charge is 2.25. The molecule has 1 unspecified atom stereocenters. The van der Waals surface area contributed by atoms with Crippen LogP contribution in [0.3, 0.4) is 0 Å². The van der Waals surface area contributed by atoms with Crippen LogP contribution < -0.4 is 5.32 Å². The maximum atomic E-state index is 12.3. The van der Waals surface area contributed by atoms with Crippen molar-refractivity contribution in [2.75, 3.05) is 19.7 Å². The highest BCUT2D eigenvalue weighted by molar-refractivity contribution is 5.74. The summed E-state index contributed by atoms with van der Waals surface area (Å²) >= 11 is 0. The number of benzene rings is 1. The minimum absolute atomic E-state index is 0.123. The van der Waals surface area contributed by atoms with Gasteiger partial charge >= 0.3 is 6.03 Å². The molecule has 2 amide bonds. The van der Waals surface area contributed by atoms with E-state index in [2.05, 4.69) is 10.3 Å². The summed E-state index contributed by atoms with van der Waals surface area (Å²) in [5, 5.41) is 12.5. The average molecular weight is 313 g/mol. The van der Waals surface area contributed by atoms with Crippen molar-refractivity contribution in [1.82, 2.24) is 15.2 Å². The second-order valence-electron chi connectivity index (χ2n) is 5.42. The van der Waals surface area contributed by atoms with E-state index in [1.165, 1.54) is 0 Å². The monoisotopic (exact) mass is 313 g/mol. The smallest absolute Gasteiger partial charge is 0.317 e. The van der Waals surface area contributed by atoms with E-state index in [1.807, 2.05) is 18.2 Å². The Morgan fingerprint density at radius 1 is 1.39 bits per heavy atom. The molecule has 2 heterocycles. The summed E-state index contributed by atoms with van der Waals surface area (Å²) in [5.74, 6) is 0.198. The Balaban J connectivity index is 1.58. The van der Waals surface area contributed by atoms with Crippen molar-refractivity contribution in [2.24, 2.45) is 0 Å². The SMILES string of the molecule is O=C(NCc1cccnc1)N1CCOC(c2cccc(O)c2)C1. The largest absolute Gasteiger partial charge is 0.508 e. The molecule has 0 bridgehead atoms. The van der Waals surface area contributed by atoms with E-state index >= 15 is 0 Å². The van der Waals surface area contributed by atoms with E-state index < -0.39 is 0 Å². The number of carbonyl (C=O) groups excluding carboxylic acids is 1. The van der Waals surface area contributed by atoms with Crippen molar-refractivity contribution in [3.8, 4) is 5.75 Å². The average Bonchev–Trinajstić information content (AvgIpc) is 2.61. The standard InChI is InChI=1S/C17H19N3O3/c21-15-5-1-4-14(9-15)16-12-20(7-8-23-16)17(22)19-11-13-3-2-6-18-10-13/h1-6,9-10,16,21H,7-8,11-12H2,(H,19,22). The number of hydrogen-bond acceptors (Lipinski definition) is 4. The third kappa shape index (κ3) is 3.98. The van der Waals surface area contributed by atoms with Gasteiger partial charge in [0, 0.05) is 25.5 Å². The molecule has 1 aromatic carbocycles. The minimum Gasteiger partial charge on any atom is -0.508 e. The molecular weight excluding hydrogens is 294 g/mol. The highest BCUT2D eigenvalue weighted by Crippen LogP contribution is 2.24. The highest BCUT2D eigenvalue weighted by atomic mass is 16.5. The number of carbonyl (C=O) groups is 1. The Morgan fingerprint density at radius 3 is 3.09 bits per heavy atom. The van der Waals surface area contributed by atoms with Crippen LogP contribution in [0.25, 0.3) is 0 Å². The maximum Gasteiger partial charge on any atom is 0.317 e. The Hall–Kier alpha value is -2.60. The maximum absolute atomic E-state index is 12.3. The van der Waals surface area contributed by atoms with Crippen molar-refractivity contribution in [1.29, 1.82) is 0 Å². The van der Waals surface area contributed by atoms with E-state index in [-0.39, 0.29) is 17.9 Å². The lowest BCUT2D eigenvalue weighted by Gasteiger charge is -2.33. The lowest BCUT2D eigenvalue weighted by Crippen LogP contribution is -2.46. The molecule has 0 spiro atoms. The van der Waals surface area contributed by atoms with Crippen LogP contribution in [0.5, 0.6) is 5.75 Å². The lowest BCUT2D eigenvalue weighted by atomic mass is 10.1. The topological polar surface area (TPSA) is 74.7 Å². The number of ether oxygens (including phenoxy) is 1. The molecule has 0 saturated carbocycles. The fourth-order valence-electron chi connectivity index (χ4n) is 2.55. The molecule has 6 heteroatoms. The van der Waals surface area contributed by atoms with Gasteiger partial charge in [0.1, 0.15) is 11.9 Å². The molecule has 1 fully saturated rings. The first kappa shape index (κ1) is 15.3. The number of urea groups is 1. The van der Waals surface area contributed by atoms with E-state index in [1.54, 1.807) is 35.5 Å². The predicted molar refractivity (Wildman–Crippen MR) is 84.8 cm³/mol. The fraction of sp³-hybridized carbons (Fsp3) is 0.294. The van der Waals surface area contributed by atoms with Crippen molar-refractivity contribution < 1.29 is 14.6 Å². The summed E-state index contributed by atoms with van der Waals surface area (Å²) in [4.78, 5) is 18.1. The number of morpholine rings is 1. The number of phenols is 1. The number of rotatable bonds is 3. The Morgan fingerprint density at radius 2 is 2.30 bits per heavy atom. The molecule has 1 atom stereocenters. The molecule has 6 nitrogen and oxygen atoms in total. The van der Waals surface area contributed by atoms with Crippen LogP contribution in [0.1, 0.15) is 17.2 Å². The second kappa shape index (κ2) is 7.11. The van der Waals surface area contributed by atoms with Gasteiger partial charge < -0.3 is 20.1 Å². The van der Waals surface area contributed by atoms with Crippen LogP contribution in [0.15, 0.2) is 48.8 Å². The number of aromatic nitrogens is 1. The van der Waals surface area contributed by atoms with Gasteiger partial charge in [-0.2, -0.15) is 0 Å². The van der Waals surface area contributed by atoms with Crippen LogP contribution in [0.4, 0.5) is 4.79 Å². The van der Waals surface area contributed by atoms with Gasteiger partial charge in [0.2, 0.25) is 0 Å². The molecular formula is C17H19N3O3. The zero-order valence-corrected chi connectivity index (χ0v) is 12.7. The molecule has 1 saturated heterocycles. The molecule has 0 radical (unpaired) electrons. The van der Waals surface area contributed by atoms with Crippen LogP contribution in [-0.2, 0) is 11.3 Å². The van der Waals surface area contributed by atoms with Crippen LogP contribution in [0, 0.1) is 0 Å². The quantitative estimate of drug-likeness (QED) is 0.909. The van der Waals surface area contributed by atoms with Gasteiger partial charge in [-0.15, -0.1) is 0 Å². The van der Waals surface area contributed by atoms with Gasteiger partial charge in [-0.05, 0) is 29.3 Å². The summed E-state index contributed by atoms with van der Waals surface area (Å²) in [6.45, 7) is 1.93. The normalized spacial score (nSPS) is 17.7. The molecule has 23 heavy (non-hydrogen) atoms. The van der Waals surface area contributed by atoms with E-state index in [0.717, 1.165) is 11.1 Å². The van der Waals surface area contributed by atoms with E-state index in [4.69, 9.17) is 4.74 Å². The number of nitrogens with zero attached hydrogens (tertiary/aromatic N) is 2. The number of nitrogens with one attached hydrogen (secondary N) is 1. The summed E-state index contributed by atoms with van der Waals surface area (Å²) in [7, 11) is 0. The molecule has 3 rings (SSSR count). The zero-order chi connectivity index (χ0) is 16.1. The molecule has 1 aliphatic heterocycles. The Kier molecular flexibility index (Phi) is 4.73. The summed E-state index contributed by atoms with van der Waals surface area (Å²) in [6, 6.07) is 10.6. The molecule has 2 aromatic rings. The number of aromatic hydroxyl groups is 1. The number of amides is 2. The third-order valence-corrected chi connectivity index (χ3v) is 3.76. The van der Waals surface area contributed by atoms with Gasteiger partial charge in [0.15, 0.2) is 0 Å². The third-order valence-electron chi connectivity index (χ3n) is 3.76. The fourth-order valence-corrected chi connectivity index (χ4v) is 2.55. The van der Waals surface area contributed by atoms with Gasteiger partial charge in [-0.3, -0.25) is 4.98 Å². The zero-order valence-electron chi connectivity index (χ0n) is 12.7. The van der Waals surface area contributed by atoms with Crippen LogP contribution in [0.2, 0.25) is 0 Å². The number of phenolic OH excluding ortho intramolecular Hbond substituents is 1. The van der Waals surface area contributed by atoms with Crippen molar-refractivity contribution in [2.45, 2.75) is 12.6 Å². The van der Waals surface area contributed by atoms with Crippen LogP contribution in [-0.4, -0.2) is 40.7 Å². The first-order chi connectivity index (χ1) is 11.2. The van der Waals surface area contributed by atoms with Crippen molar-refractivity contribution >= 4 is 6.03 Å². The molecule has 1 aromatic heterocycles. The van der Waals surface area contributed by atoms with Crippen LogP contribution >= 0.6 is 0 Å². The summed E-state index contributed by atoms with van der Waals surface area (Å²) < 4.78 is 5.72. The molecule has 1 aliphatic rings. The molecule has 120 valence electrons. The molecule has 2 N–H and O–H groups in total. The van der Waals surface area contributed by atoms with Crippen molar-refractivity contribution in [3.63, 3.8) is 0 Å². The first-order valence-electron chi connectivity index (χ1n) is 7.54. The summed E-state index contributed by atoms with van der Waals surface area (Å²) in [5.41, 5.74) is 1.83. The predicted octanol–water partition coefficient (Wildman–Crippen LogP) is 2.07. The number of hydrogen-bond donors (Lipinski definition) is 2. The van der Waals surface area contributed by atoms with E-state index in [9.17, 15) is 9.90 Å². The minimum atomic E-state index is -0.222. The number of pyridine rings is 1. The second-order valence-corrected chi connectivity index (χ2v) is 5.42. The van der Waals surface area contributed by atoms with Crippen molar-refractivity contribution in [3.05, 3.63) is 59.9 Å². The van der Waals surface area contributed by atoms with E-state index in [0.29, 0.717) is 26.2 Å². The first-order valence-corrected chi connectivity index (χ1v) is 7.54. The van der Waals surface area contributed by atoms with Gasteiger partial charge in [0.05, 0.1) is 13.2 Å². The Labute approximate surface area is 134 Å². The Bertz CT molecular complexity index is 663. The summed E-state index contributed by atoms with van der Waals surface area (Å²) in [6.07, 6.45) is 3.21. The molecule has 0 aliphatic carbocycles. The van der Waals surface area contributed by atoms with Gasteiger partial charge in [-0.1, -0.05) is 18.2 Å². The van der Waals surface area contributed by atoms with Gasteiger partial charge in [-0.25, -0.2) is 4.79 Å². The lowest BCUT2D eigenvalue weighted by molar-refractivity contribution is -0.0155. The van der Waals surface area contributed by atoms with Gasteiger partial charge in [0.25, 0.3) is 0 Å².